The number of carbonyl (C=O) groups is 1. The predicted molar refractivity (Wildman–Crippen MR) is 290 cm³/mol. The van der Waals surface area contributed by atoms with Gasteiger partial charge in [-0.15, -0.1) is 0 Å². The summed E-state index contributed by atoms with van der Waals surface area (Å²) in [6.45, 7) is 42.1. The van der Waals surface area contributed by atoms with Crippen molar-refractivity contribution in [1.82, 2.24) is 0 Å². The van der Waals surface area contributed by atoms with E-state index in [2.05, 4.69) is 128 Å². The summed E-state index contributed by atoms with van der Waals surface area (Å²) in [6, 6.07) is 0. The molecule has 0 aromatic rings. The Morgan fingerprint density at radius 2 is 0.879 bits per heavy atom. The monoisotopic (exact) mass is 927 g/mol. The quantitative estimate of drug-likeness (QED) is 0.0777. The fourth-order valence-corrected chi connectivity index (χ4v) is 8.63. The Kier molecular flexibility index (Phi) is 42.8. The van der Waals surface area contributed by atoms with Crippen molar-refractivity contribution in [2.75, 3.05) is 13.2 Å². The lowest BCUT2D eigenvalue weighted by atomic mass is 9.75. The summed E-state index contributed by atoms with van der Waals surface area (Å²) in [7, 11) is 0. The molecule has 10 atom stereocenters. The number of hydrogen-bond acceptors (Lipinski definition) is 6. The van der Waals surface area contributed by atoms with Gasteiger partial charge >= 0.3 is 0 Å². The number of aliphatic hydroxyl groups excluding tert-OH is 5. The third-order valence-corrected chi connectivity index (χ3v) is 13.2. The minimum absolute atomic E-state index is 0.0289. The normalized spacial score (nSPS) is 25.3. The van der Waals surface area contributed by atoms with Gasteiger partial charge in [-0.2, -0.15) is 0 Å². The van der Waals surface area contributed by atoms with Crippen LogP contribution in [0.1, 0.15) is 214 Å². The SMILES string of the molecule is C=C(C)C1CCC(C)CC1O.C=C(C)C1CCC(C)CC1O.CC(C)=CCC/C(C)=C/CO.CC(C)=CCC/C(C)=C\CO.CC(C)=CCCC(C)CC=O.CC1CCC(C(C)C)C(O)C1. The first-order valence-corrected chi connectivity index (χ1v) is 26.0. The molecule has 5 N–H and O–H groups in total. The van der Waals surface area contributed by atoms with E-state index in [-0.39, 0.29) is 31.5 Å². The van der Waals surface area contributed by atoms with E-state index >= 15 is 0 Å². The van der Waals surface area contributed by atoms with Crippen molar-refractivity contribution >= 4 is 6.29 Å². The zero-order chi connectivity index (χ0) is 51.4. The topological polar surface area (TPSA) is 118 Å². The van der Waals surface area contributed by atoms with Crippen LogP contribution in [-0.2, 0) is 4.79 Å². The lowest BCUT2D eigenvalue weighted by molar-refractivity contribution is -0.108. The fraction of sp³-hybridized carbons (Fsp3) is 0.750. The molecule has 66 heavy (non-hydrogen) atoms. The van der Waals surface area contributed by atoms with Crippen molar-refractivity contribution in [3.05, 3.63) is 82.5 Å². The number of aldehydes is 1. The van der Waals surface area contributed by atoms with Crippen LogP contribution in [0.25, 0.3) is 0 Å². The van der Waals surface area contributed by atoms with E-state index in [0.717, 1.165) is 94.0 Å². The highest BCUT2D eigenvalue weighted by molar-refractivity contribution is 5.49. The molecule has 0 radical (unpaired) electrons. The average molecular weight is 928 g/mol. The summed E-state index contributed by atoms with van der Waals surface area (Å²) in [6.07, 6.45) is 28.5. The van der Waals surface area contributed by atoms with E-state index in [0.29, 0.717) is 47.8 Å². The second-order valence-corrected chi connectivity index (χ2v) is 21.7. The van der Waals surface area contributed by atoms with Gasteiger partial charge in [0, 0.05) is 18.3 Å². The number of aliphatic hydroxyl groups is 5. The van der Waals surface area contributed by atoms with Crippen LogP contribution in [-0.4, -0.2) is 63.3 Å². The summed E-state index contributed by atoms with van der Waals surface area (Å²) in [4.78, 5) is 10.1. The summed E-state index contributed by atoms with van der Waals surface area (Å²) in [5, 5.41) is 46.1. The van der Waals surface area contributed by atoms with Crippen LogP contribution in [0.2, 0.25) is 0 Å². The van der Waals surface area contributed by atoms with Crippen LogP contribution >= 0.6 is 0 Å². The molecule has 0 aliphatic heterocycles. The third kappa shape index (κ3) is 39.6. The van der Waals surface area contributed by atoms with Gasteiger partial charge < -0.3 is 30.3 Å². The third-order valence-electron chi connectivity index (χ3n) is 13.2. The Hall–Kier alpha value is -2.35. The maximum atomic E-state index is 10.1. The van der Waals surface area contributed by atoms with Gasteiger partial charge in [0.2, 0.25) is 0 Å². The summed E-state index contributed by atoms with van der Waals surface area (Å²) >= 11 is 0. The molecule has 6 nitrogen and oxygen atoms in total. The van der Waals surface area contributed by atoms with Gasteiger partial charge in [0.1, 0.15) is 6.29 Å². The van der Waals surface area contributed by atoms with Gasteiger partial charge in [0.05, 0.1) is 31.5 Å². The highest BCUT2D eigenvalue weighted by Crippen LogP contribution is 2.34. The van der Waals surface area contributed by atoms with Gasteiger partial charge in [-0.25, -0.2) is 0 Å². The number of carbonyl (C=O) groups excluding carboxylic acids is 1. The van der Waals surface area contributed by atoms with E-state index in [9.17, 15) is 20.1 Å². The highest BCUT2D eigenvalue weighted by Gasteiger charge is 2.29. The molecule has 3 fully saturated rings. The van der Waals surface area contributed by atoms with E-state index in [1.54, 1.807) is 0 Å². The molecule has 0 aromatic heterocycles. The summed E-state index contributed by atoms with van der Waals surface area (Å²) in [5.74, 6) is 4.62. The predicted octanol–water partition coefficient (Wildman–Crippen LogP) is 15.5. The van der Waals surface area contributed by atoms with Crippen molar-refractivity contribution in [3.63, 3.8) is 0 Å². The second kappa shape index (κ2) is 41.6. The van der Waals surface area contributed by atoms with E-state index < -0.39 is 0 Å². The molecule has 0 bridgehead atoms. The summed E-state index contributed by atoms with van der Waals surface area (Å²) < 4.78 is 0. The van der Waals surface area contributed by atoms with Crippen LogP contribution in [0, 0.1) is 47.3 Å². The first-order chi connectivity index (χ1) is 30.8. The zero-order valence-corrected chi connectivity index (χ0v) is 46.1. The molecule has 0 spiro atoms. The Morgan fingerprint density at radius 3 is 1.17 bits per heavy atom. The van der Waals surface area contributed by atoms with Crippen molar-refractivity contribution in [3.8, 4) is 0 Å². The Bertz CT molecular complexity index is 1330. The molecular weight excluding hydrogens is 817 g/mol. The van der Waals surface area contributed by atoms with Crippen molar-refractivity contribution in [2.45, 2.75) is 232 Å². The van der Waals surface area contributed by atoms with E-state index in [1.165, 1.54) is 53.5 Å². The van der Waals surface area contributed by atoms with Crippen LogP contribution in [0.4, 0.5) is 0 Å². The largest absolute Gasteiger partial charge is 0.393 e. The smallest absolute Gasteiger partial charge is 0.120 e. The van der Waals surface area contributed by atoms with Crippen LogP contribution in [0.3, 0.4) is 0 Å². The maximum Gasteiger partial charge on any atom is 0.120 e. The Balaban J connectivity index is -0.000000722. The molecule has 3 rings (SSSR count). The van der Waals surface area contributed by atoms with Crippen LogP contribution < -0.4 is 0 Å². The molecular formula is C60H110O6. The molecule has 10 unspecified atom stereocenters. The highest BCUT2D eigenvalue weighted by atomic mass is 16.3. The second-order valence-electron chi connectivity index (χ2n) is 21.7. The Morgan fingerprint density at radius 1 is 0.530 bits per heavy atom. The molecule has 0 amide bonds. The Labute approximate surface area is 410 Å². The summed E-state index contributed by atoms with van der Waals surface area (Å²) in [5.41, 5.74) is 8.91. The average Bonchev–Trinajstić information content (AvgIpc) is 3.18. The number of hydrogen-bond donors (Lipinski definition) is 5. The van der Waals surface area contributed by atoms with Gasteiger partial charge in [0.15, 0.2) is 0 Å². The van der Waals surface area contributed by atoms with Crippen molar-refractivity contribution in [1.29, 1.82) is 0 Å². The number of allylic oxidation sites excluding steroid dienone is 8. The maximum absolute atomic E-state index is 10.1. The van der Waals surface area contributed by atoms with E-state index in [4.69, 9.17) is 10.2 Å². The van der Waals surface area contributed by atoms with Gasteiger partial charge in [0.25, 0.3) is 0 Å². The lowest BCUT2D eigenvalue weighted by Gasteiger charge is -2.33. The molecule has 0 aromatic carbocycles. The first-order valence-electron chi connectivity index (χ1n) is 26.0. The van der Waals surface area contributed by atoms with Gasteiger partial charge in [-0.3, -0.25) is 0 Å². The molecule has 3 aliphatic rings. The van der Waals surface area contributed by atoms with Gasteiger partial charge in [-0.1, -0.05) is 131 Å². The van der Waals surface area contributed by atoms with Crippen LogP contribution in [0.15, 0.2) is 82.5 Å². The van der Waals surface area contributed by atoms with Crippen LogP contribution in [0.5, 0.6) is 0 Å². The minimum Gasteiger partial charge on any atom is -0.393 e. The van der Waals surface area contributed by atoms with Crippen molar-refractivity contribution < 1.29 is 30.3 Å². The lowest BCUT2D eigenvalue weighted by Crippen LogP contribution is -2.31. The minimum atomic E-state index is -0.128. The standard InChI is InChI=1S/C10H20O.5C10H18O/c3*1-7(2)9-5-4-8(3)6-10(9)11;3*1-9(2)5-4-6-10(3)7-8-11/h7-11H,4-6H2,1-3H3;2*8-11H,1,4-6H2,2-3H3;5,8,10H,4,6-7H2,1-3H3;2*5,7,11H,4,6,8H2,1-3H3/b;;;;10-7+;10-7-. The first kappa shape index (κ1) is 67.9. The molecule has 386 valence electrons. The fourth-order valence-electron chi connectivity index (χ4n) is 8.63. The molecule has 3 saturated carbocycles. The van der Waals surface area contributed by atoms with E-state index in [1.807, 2.05) is 26.0 Å². The number of rotatable bonds is 16. The van der Waals surface area contributed by atoms with Gasteiger partial charge in [-0.05, 0) is 195 Å². The molecule has 0 saturated heterocycles. The zero-order valence-electron chi connectivity index (χ0n) is 46.1. The van der Waals surface area contributed by atoms with Crippen molar-refractivity contribution in [2.24, 2.45) is 47.3 Å². The molecule has 6 heteroatoms. The molecule has 0 heterocycles. The molecule has 3 aliphatic carbocycles.